The van der Waals surface area contributed by atoms with E-state index in [1.165, 1.54) is 24.1 Å². The van der Waals surface area contributed by atoms with Gasteiger partial charge in [0.2, 0.25) is 5.91 Å². The number of benzene rings is 2. The van der Waals surface area contributed by atoms with Crippen molar-refractivity contribution in [2.75, 3.05) is 24.5 Å². The van der Waals surface area contributed by atoms with Crippen LogP contribution in [0.5, 0.6) is 0 Å². The lowest BCUT2D eigenvalue weighted by molar-refractivity contribution is -0.137. The molecule has 0 spiro atoms. The van der Waals surface area contributed by atoms with E-state index in [-0.39, 0.29) is 23.9 Å². The van der Waals surface area contributed by atoms with E-state index >= 15 is 0 Å². The normalized spacial score (nSPS) is 23.8. The lowest BCUT2D eigenvalue weighted by atomic mass is 9.82. The summed E-state index contributed by atoms with van der Waals surface area (Å²) in [7, 11) is 0. The number of carbonyl (C=O) groups is 1. The number of hydrogen-bond donors (Lipinski definition) is 1. The van der Waals surface area contributed by atoms with Crippen molar-refractivity contribution >= 4 is 11.6 Å². The predicted molar refractivity (Wildman–Crippen MR) is 127 cm³/mol. The molecule has 1 aliphatic carbocycles. The lowest BCUT2D eigenvalue weighted by Crippen LogP contribution is -2.61. The molecule has 7 heteroatoms. The van der Waals surface area contributed by atoms with Crippen molar-refractivity contribution in [3.05, 3.63) is 65.2 Å². The Balaban J connectivity index is 1.41. The van der Waals surface area contributed by atoms with Gasteiger partial charge in [0, 0.05) is 37.9 Å². The Kier molecular flexibility index (Phi) is 6.56. The zero-order valence-corrected chi connectivity index (χ0v) is 19.4. The summed E-state index contributed by atoms with van der Waals surface area (Å²) in [5, 5.41) is 3.26. The zero-order valence-electron chi connectivity index (χ0n) is 19.4. The maximum Gasteiger partial charge on any atom is 0.416 e. The Morgan fingerprint density at radius 1 is 1.00 bits per heavy atom. The van der Waals surface area contributed by atoms with Crippen LogP contribution in [0.3, 0.4) is 0 Å². The van der Waals surface area contributed by atoms with Gasteiger partial charge in [-0.05, 0) is 48.6 Å². The molecule has 0 unspecified atom stereocenters. The highest BCUT2D eigenvalue weighted by molar-refractivity contribution is 5.82. The molecule has 0 bridgehead atoms. The molecule has 3 aliphatic rings. The van der Waals surface area contributed by atoms with Gasteiger partial charge in [-0.3, -0.25) is 9.69 Å². The average molecular weight is 472 g/mol. The molecule has 5 rings (SSSR count). The van der Waals surface area contributed by atoms with Gasteiger partial charge < -0.3 is 10.2 Å². The van der Waals surface area contributed by atoms with Crippen LogP contribution in [0.2, 0.25) is 0 Å². The number of nitrogens with one attached hydrogen (secondary N) is 1. The van der Waals surface area contributed by atoms with Gasteiger partial charge in [0.1, 0.15) is 0 Å². The minimum Gasteiger partial charge on any atom is -0.365 e. The van der Waals surface area contributed by atoms with Crippen LogP contribution in [0, 0.1) is 5.92 Å². The molecule has 1 N–H and O–H groups in total. The maximum absolute atomic E-state index is 13.5. The summed E-state index contributed by atoms with van der Waals surface area (Å²) in [6.45, 7) is 3.03. The minimum atomic E-state index is -4.39. The van der Waals surface area contributed by atoms with E-state index in [2.05, 4.69) is 27.2 Å². The molecule has 182 valence electrons. The Morgan fingerprint density at radius 2 is 1.76 bits per heavy atom. The number of alkyl halides is 3. The fraction of sp³-hybridized carbons (Fsp3) is 0.519. The molecular formula is C27H32F3N3O. The number of rotatable bonds is 4. The van der Waals surface area contributed by atoms with Gasteiger partial charge >= 0.3 is 6.18 Å². The largest absolute Gasteiger partial charge is 0.416 e. The van der Waals surface area contributed by atoms with E-state index in [1.807, 2.05) is 18.2 Å². The number of carbonyl (C=O) groups excluding carboxylic acids is 1. The number of fused-ring (bicyclic) bond motifs is 3. The van der Waals surface area contributed by atoms with Gasteiger partial charge in [0.05, 0.1) is 17.5 Å². The van der Waals surface area contributed by atoms with Crippen LogP contribution in [0.4, 0.5) is 18.9 Å². The van der Waals surface area contributed by atoms with Gasteiger partial charge in [0.15, 0.2) is 0 Å². The van der Waals surface area contributed by atoms with Gasteiger partial charge in [-0.25, -0.2) is 0 Å². The summed E-state index contributed by atoms with van der Waals surface area (Å²) in [4.78, 5) is 18.1. The van der Waals surface area contributed by atoms with E-state index in [4.69, 9.17) is 0 Å². The van der Waals surface area contributed by atoms with Crippen LogP contribution in [-0.2, 0) is 23.9 Å². The number of halogens is 3. The first-order valence-corrected chi connectivity index (χ1v) is 12.4. The second-order valence-corrected chi connectivity index (χ2v) is 9.98. The van der Waals surface area contributed by atoms with Gasteiger partial charge in [-0.2, -0.15) is 13.2 Å². The van der Waals surface area contributed by atoms with Crippen LogP contribution >= 0.6 is 0 Å². The summed E-state index contributed by atoms with van der Waals surface area (Å²) in [6.07, 6.45) is 1.37. The number of piperazine rings is 1. The molecular weight excluding hydrogens is 439 g/mol. The highest BCUT2D eigenvalue weighted by Gasteiger charge is 2.43. The number of anilines is 1. The first kappa shape index (κ1) is 23.2. The third-order valence-electron chi connectivity index (χ3n) is 7.66. The third-order valence-corrected chi connectivity index (χ3v) is 7.66. The van der Waals surface area contributed by atoms with Crippen molar-refractivity contribution in [1.29, 1.82) is 0 Å². The average Bonchev–Trinajstić information content (AvgIpc) is 2.83. The topological polar surface area (TPSA) is 35.6 Å². The third kappa shape index (κ3) is 4.95. The summed E-state index contributed by atoms with van der Waals surface area (Å²) < 4.78 is 40.2. The van der Waals surface area contributed by atoms with E-state index in [9.17, 15) is 18.0 Å². The number of hydrogen-bond acceptors (Lipinski definition) is 3. The van der Waals surface area contributed by atoms with Crippen LogP contribution in [0.25, 0.3) is 0 Å². The standard InChI is InChI=1S/C27H32F3N3O/c28-27(29,30)21-11-12-24-20(15-21)16-23(26(34)31-22-9-5-2-6-10-22)25-18-32(13-14-33(24)25)17-19-7-3-1-4-8-19/h1,3-4,7-8,11-12,15,22-23,25H,2,5-6,9-10,13-14,16-18H2,(H,31,34)/t23-,25-/m0/s1. The van der Waals surface area contributed by atoms with Crippen molar-refractivity contribution < 1.29 is 18.0 Å². The first-order valence-electron chi connectivity index (χ1n) is 12.4. The zero-order chi connectivity index (χ0) is 23.7. The van der Waals surface area contributed by atoms with Gasteiger partial charge in [-0.1, -0.05) is 49.6 Å². The van der Waals surface area contributed by atoms with E-state index in [1.54, 1.807) is 6.07 Å². The Morgan fingerprint density at radius 3 is 2.50 bits per heavy atom. The number of nitrogens with zero attached hydrogens (tertiary/aromatic N) is 2. The second-order valence-electron chi connectivity index (χ2n) is 9.98. The molecule has 2 aliphatic heterocycles. The molecule has 0 radical (unpaired) electrons. The molecule has 1 amide bonds. The second kappa shape index (κ2) is 9.61. The van der Waals surface area contributed by atoms with Gasteiger partial charge in [-0.15, -0.1) is 0 Å². The maximum atomic E-state index is 13.5. The fourth-order valence-electron chi connectivity index (χ4n) is 5.90. The molecule has 4 nitrogen and oxygen atoms in total. The first-order chi connectivity index (χ1) is 16.4. The van der Waals surface area contributed by atoms with Crippen molar-refractivity contribution in [1.82, 2.24) is 10.2 Å². The monoisotopic (exact) mass is 471 g/mol. The summed E-state index contributed by atoms with van der Waals surface area (Å²) >= 11 is 0. The van der Waals surface area contributed by atoms with Crippen LogP contribution < -0.4 is 10.2 Å². The molecule has 2 fully saturated rings. The smallest absolute Gasteiger partial charge is 0.365 e. The van der Waals surface area contributed by atoms with Crippen LogP contribution in [-0.4, -0.2) is 42.5 Å². The van der Waals surface area contributed by atoms with Crippen molar-refractivity contribution in [2.24, 2.45) is 5.92 Å². The highest BCUT2D eigenvalue weighted by atomic mass is 19.4. The molecule has 2 aromatic rings. The quantitative estimate of drug-likeness (QED) is 0.681. The molecule has 2 atom stereocenters. The highest BCUT2D eigenvalue weighted by Crippen LogP contribution is 2.40. The molecule has 0 aromatic heterocycles. The minimum absolute atomic E-state index is 0.00785. The molecule has 2 heterocycles. The van der Waals surface area contributed by atoms with Crippen LogP contribution in [0.15, 0.2) is 48.5 Å². The summed E-state index contributed by atoms with van der Waals surface area (Å²) in [5.74, 6) is -0.372. The SMILES string of the molecule is O=C(NC1CCCCC1)[C@H]1Cc2cc(C(F)(F)F)ccc2N2CCN(Cc3ccccc3)C[C@@H]12. The lowest BCUT2D eigenvalue weighted by Gasteiger charge is -2.49. The molecule has 34 heavy (non-hydrogen) atoms. The fourth-order valence-corrected chi connectivity index (χ4v) is 5.90. The predicted octanol–water partition coefficient (Wildman–Crippen LogP) is 5.02. The summed E-state index contributed by atoms with van der Waals surface area (Å²) in [5.41, 5.74) is 2.06. The van der Waals surface area contributed by atoms with Gasteiger partial charge in [0.25, 0.3) is 0 Å². The molecule has 1 saturated heterocycles. The van der Waals surface area contributed by atoms with Crippen molar-refractivity contribution in [3.8, 4) is 0 Å². The Hall–Kier alpha value is -2.54. The van der Waals surface area contributed by atoms with Crippen molar-refractivity contribution in [3.63, 3.8) is 0 Å². The molecule has 2 aromatic carbocycles. The van der Waals surface area contributed by atoms with E-state index < -0.39 is 11.7 Å². The molecule has 1 saturated carbocycles. The van der Waals surface area contributed by atoms with Crippen LogP contribution in [0.1, 0.15) is 48.8 Å². The van der Waals surface area contributed by atoms with E-state index in [0.29, 0.717) is 18.5 Å². The Labute approximate surface area is 199 Å². The Bertz CT molecular complexity index is 1000. The number of amides is 1. The summed E-state index contributed by atoms with van der Waals surface area (Å²) in [6, 6.07) is 14.4. The van der Waals surface area contributed by atoms with E-state index in [0.717, 1.165) is 51.0 Å². The van der Waals surface area contributed by atoms with Crippen molar-refractivity contribution in [2.45, 2.75) is 63.3 Å².